The molecular formula is C11H17N3O2S2. The third-order valence-electron chi connectivity index (χ3n) is 2.49. The van der Waals surface area contributed by atoms with Crippen molar-refractivity contribution in [2.75, 3.05) is 18.9 Å². The van der Waals surface area contributed by atoms with Crippen LogP contribution in [0.2, 0.25) is 0 Å². The SMILES string of the molecule is CCNCc1c(SCC(O)CO)nc2sccn12. The van der Waals surface area contributed by atoms with Crippen molar-refractivity contribution < 1.29 is 10.2 Å². The number of hydrogen-bond acceptors (Lipinski definition) is 6. The van der Waals surface area contributed by atoms with Gasteiger partial charge in [-0.3, -0.25) is 4.40 Å². The lowest BCUT2D eigenvalue weighted by atomic mass is 10.4. The van der Waals surface area contributed by atoms with Gasteiger partial charge < -0.3 is 15.5 Å². The Morgan fingerprint density at radius 2 is 2.44 bits per heavy atom. The smallest absolute Gasteiger partial charge is 0.194 e. The van der Waals surface area contributed by atoms with Crippen LogP contribution in [0.3, 0.4) is 0 Å². The molecule has 18 heavy (non-hydrogen) atoms. The minimum atomic E-state index is -0.693. The van der Waals surface area contributed by atoms with Crippen molar-refractivity contribution in [3.05, 3.63) is 17.3 Å². The molecule has 0 saturated carbocycles. The summed E-state index contributed by atoms with van der Waals surface area (Å²) in [5, 5.41) is 24.4. The van der Waals surface area contributed by atoms with Crippen LogP contribution >= 0.6 is 23.1 Å². The van der Waals surface area contributed by atoms with Gasteiger partial charge in [-0.2, -0.15) is 0 Å². The van der Waals surface area contributed by atoms with E-state index in [0.29, 0.717) is 5.75 Å². The van der Waals surface area contributed by atoms with Gasteiger partial charge in [0.15, 0.2) is 4.96 Å². The molecule has 0 radical (unpaired) electrons. The van der Waals surface area contributed by atoms with Crippen molar-refractivity contribution in [3.8, 4) is 0 Å². The largest absolute Gasteiger partial charge is 0.394 e. The maximum absolute atomic E-state index is 9.39. The van der Waals surface area contributed by atoms with Crippen molar-refractivity contribution in [2.24, 2.45) is 0 Å². The first-order valence-corrected chi connectivity index (χ1v) is 7.69. The number of rotatable bonds is 7. The zero-order valence-corrected chi connectivity index (χ0v) is 11.8. The van der Waals surface area contributed by atoms with Gasteiger partial charge in [-0.25, -0.2) is 4.98 Å². The highest BCUT2D eigenvalue weighted by molar-refractivity contribution is 7.99. The molecule has 0 aliphatic carbocycles. The molecule has 100 valence electrons. The second-order valence-electron chi connectivity index (χ2n) is 3.85. The highest BCUT2D eigenvalue weighted by Gasteiger charge is 2.14. The zero-order valence-electron chi connectivity index (χ0n) is 10.2. The normalized spacial score (nSPS) is 13.3. The summed E-state index contributed by atoms with van der Waals surface area (Å²) in [6, 6.07) is 0. The van der Waals surface area contributed by atoms with Gasteiger partial charge in [0.25, 0.3) is 0 Å². The average Bonchev–Trinajstić information content (AvgIpc) is 2.94. The predicted octanol–water partition coefficient (Wildman–Crippen LogP) is 0.951. The summed E-state index contributed by atoms with van der Waals surface area (Å²) >= 11 is 3.08. The Labute approximate surface area is 114 Å². The molecule has 7 heteroatoms. The monoisotopic (exact) mass is 287 g/mol. The zero-order chi connectivity index (χ0) is 13.0. The number of nitrogens with zero attached hydrogens (tertiary/aromatic N) is 2. The standard InChI is InChI=1S/C11H17N3O2S2/c1-2-12-5-9-10(18-7-8(16)6-15)13-11-14(9)3-4-17-11/h3-4,8,12,15-16H,2,5-7H2,1H3. The maximum Gasteiger partial charge on any atom is 0.194 e. The number of aliphatic hydroxyl groups excluding tert-OH is 2. The van der Waals surface area contributed by atoms with Crippen LogP contribution in [0, 0.1) is 0 Å². The van der Waals surface area contributed by atoms with E-state index in [1.54, 1.807) is 11.3 Å². The summed E-state index contributed by atoms with van der Waals surface area (Å²) in [5.74, 6) is 0.459. The predicted molar refractivity (Wildman–Crippen MR) is 74.3 cm³/mol. The summed E-state index contributed by atoms with van der Waals surface area (Å²) in [7, 11) is 0. The van der Waals surface area contributed by atoms with Crippen molar-refractivity contribution in [1.29, 1.82) is 0 Å². The molecule has 0 fully saturated rings. The number of hydrogen-bond donors (Lipinski definition) is 3. The van der Waals surface area contributed by atoms with E-state index in [9.17, 15) is 5.11 Å². The van der Waals surface area contributed by atoms with Crippen LogP contribution in [0.25, 0.3) is 4.96 Å². The first-order valence-electron chi connectivity index (χ1n) is 5.83. The third kappa shape index (κ3) is 3.04. The number of imidazole rings is 1. The van der Waals surface area contributed by atoms with Gasteiger partial charge in [-0.15, -0.1) is 23.1 Å². The molecule has 3 N–H and O–H groups in total. The minimum absolute atomic E-state index is 0.211. The van der Waals surface area contributed by atoms with Crippen LogP contribution in [0.15, 0.2) is 16.6 Å². The molecule has 0 bridgehead atoms. The molecule has 0 spiro atoms. The molecule has 1 unspecified atom stereocenters. The Morgan fingerprint density at radius 1 is 1.61 bits per heavy atom. The quantitative estimate of drug-likeness (QED) is 0.662. The maximum atomic E-state index is 9.39. The summed E-state index contributed by atoms with van der Waals surface area (Å²) in [6.45, 7) is 3.51. The lowest BCUT2D eigenvalue weighted by molar-refractivity contribution is 0.113. The molecule has 0 saturated heterocycles. The van der Waals surface area contributed by atoms with Crippen molar-refractivity contribution >= 4 is 28.1 Å². The van der Waals surface area contributed by atoms with Gasteiger partial charge in [-0.1, -0.05) is 6.92 Å². The first-order chi connectivity index (χ1) is 8.76. The summed E-state index contributed by atoms with van der Waals surface area (Å²) in [5.41, 5.74) is 1.11. The number of thiazole rings is 1. The van der Waals surface area contributed by atoms with Gasteiger partial charge in [0.1, 0.15) is 5.03 Å². The average molecular weight is 287 g/mol. The molecule has 2 aromatic heterocycles. The van der Waals surface area contributed by atoms with E-state index in [4.69, 9.17) is 5.11 Å². The van der Waals surface area contributed by atoms with Gasteiger partial charge in [0.05, 0.1) is 18.4 Å². The molecule has 0 aliphatic rings. The second kappa shape index (κ2) is 6.53. The lowest BCUT2D eigenvalue weighted by Crippen LogP contribution is -2.16. The summed E-state index contributed by atoms with van der Waals surface area (Å²) in [6.07, 6.45) is 1.31. The van der Waals surface area contributed by atoms with Crippen LogP contribution < -0.4 is 5.32 Å². The van der Waals surface area contributed by atoms with Crippen molar-refractivity contribution in [2.45, 2.75) is 24.6 Å². The first kappa shape index (κ1) is 13.8. The van der Waals surface area contributed by atoms with Crippen LogP contribution in [-0.2, 0) is 6.54 Å². The number of nitrogens with one attached hydrogen (secondary N) is 1. The summed E-state index contributed by atoms with van der Waals surface area (Å²) < 4.78 is 2.07. The molecule has 2 heterocycles. The molecule has 0 aliphatic heterocycles. The fourth-order valence-electron chi connectivity index (χ4n) is 1.56. The molecule has 2 rings (SSSR count). The van der Waals surface area contributed by atoms with Crippen molar-refractivity contribution in [3.63, 3.8) is 0 Å². The fraction of sp³-hybridized carbons (Fsp3) is 0.545. The second-order valence-corrected chi connectivity index (χ2v) is 5.73. The van der Waals surface area contributed by atoms with Gasteiger partial charge in [-0.05, 0) is 6.54 Å². The number of thioether (sulfide) groups is 1. The topological polar surface area (TPSA) is 69.8 Å². The van der Waals surface area contributed by atoms with Gasteiger partial charge in [0.2, 0.25) is 0 Å². The number of fused-ring (bicyclic) bond motifs is 1. The third-order valence-corrected chi connectivity index (χ3v) is 4.40. The molecule has 5 nitrogen and oxygen atoms in total. The van der Waals surface area contributed by atoms with Crippen molar-refractivity contribution in [1.82, 2.24) is 14.7 Å². The Kier molecular flexibility index (Phi) is 5.02. The fourth-order valence-corrected chi connectivity index (χ4v) is 3.29. The van der Waals surface area contributed by atoms with Crippen LogP contribution in [-0.4, -0.2) is 44.6 Å². The lowest BCUT2D eigenvalue weighted by Gasteiger charge is -2.07. The molecule has 0 amide bonds. The Hall–Kier alpha value is -0.600. The van der Waals surface area contributed by atoms with Gasteiger partial charge >= 0.3 is 0 Å². The molecular weight excluding hydrogens is 270 g/mol. The van der Waals surface area contributed by atoms with E-state index in [1.165, 1.54) is 11.8 Å². The van der Waals surface area contributed by atoms with Crippen LogP contribution in [0.1, 0.15) is 12.6 Å². The van der Waals surface area contributed by atoms with E-state index < -0.39 is 6.10 Å². The summed E-state index contributed by atoms with van der Waals surface area (Å²) in [4.78, 5) is 5.51. The van der Waals surface area contributed by atoms with E-state index in [0.717, 1.165) is 28.8 Å². The van der Waals surface area contributed by atoms with E-state index in [-0.39, 0.29) is 6.61 Å². The number of aromatic nitrogens is 2. The highest BCUT2D eigenvalue weighted by atomic mass is 32.2. The van der Waals surface area contributed by atoms with E-state index >= 15 is 0 Å². The van der Waals surface area contributed by atoms with E-state index in [2.05, 4.69) is 21.6 Å². The van der Waals surface area contributed by atoms with Crippen LogP contribution in [0.5, 0.6) is 0 Å². The molecule has 0 aromatic carbocycles. The van der Waals surface area contributed by atoms with Gasteiger partial charge in [0, 0.05) is 23.9 Å². The van der Waals surface area contributed by atoms with Crippen LogP contribution in [0.4, 0.5) is 0 Å². The highest BCUT2D eigenvalue weighted by Crippen LogP contribution is 2.26. The molecule has 2 aromatic rings. The minimum Gasteiger partial charge on any atom is -0.394 e. The Morgan fingerprint density at radius 3 is 3.17 bits per heavy atom. The Balaban J connectivity index is 2.16. The molecule has 1 atom stereocenters. The number of aliphatic hydroxyl groups is 2. The Bertz CT molecular complexity index is 497. The van der Waals surface area contributed by atoms with E-state index in [1.807, 2.05) is 11.6 Å².